The molecule has 1 saturated carbocycles. The monoisotopic (exact) mass is 384 g/mol. The third-order valence-electron chi connectivity index (χ3n) is 5.23. The summed E-state index contributed by atoms with van der Waals surface area (Å²) in [6.07, 6.45) is 7.59. The molecule has 1 aliphatic carbocycles. The van der Waals surface area contributed by atoms with Crippen LogP contribution in [0.2, 0.25) is 0 Å². The normalized spacial score (nSPS) is 19.4. The van der Waals surface area contributed by atoms with Gasteiger partial charge in [0.25, 0.3) is 5.91 Å². The number of carbonyl (C=O) groups excluding carboxylic acids is 2. The molecule has 7 nitrogen and oxygen atoms in total. The molecule has 0 aliphatic heterocycles. The van der Waals surface area contributed by atoms with Crippen molar-refractivity contribution in [2.75, 3.05) is 6.61 Å². The summed E-state index contributed by atoms with van der Waals surface area (Å²) in [6.45, 7) is 5.82. The second-order valence-corrected chi connectivity index (χ2v) is 7.71. The van der Waals surface area contributed by atoms with Crippen molar-refractivity contribution in [1.82, 2.24) is 20.1 Å². The summed E-state index contributed by atoms with van der Waals surface area (Å²) in [5, 5.41) is 7.31. The van der Waals surface area contributed by atoms with Crippen molar-refractivity contribution in [1.29, 1.82) is 0 Å². The summed E-state index contributed by atoms with van der Waals surface area (Å²) < 4.78 is 6.93. The Kier molecular flexibility index (Phi) is 6.44. The van der Waals surface area contributed by atoms with Crippen molar-refractivity contribution < 1.29 is 14.3 Å². The summed E-state index contributed by atoms with van der Waals surface area (Å²) in [5.74, 6) is 0.323. The van der Waals surface area contributed by atoms with Crippen LogP contribution in [0, 0.1) is 5.92 Å². The van der Waals surface area contributed by atoms with Crippen LogP contribution in [0.3, 0.4) is 0 Å². The first-order chi connectivity index (χ1) is 13.5. The van der Waals surface area contributed by atoms with Gasteiger partial charge in [-0.05, 0) is 36.8 Å². The minimum Gasteiger partial charge on any atom is -0.452 e. The van der Waals surface area contributed by atoms with Crippen LogP contribution in [0.25, 0.3) is 5.82 Å². The molecule has 0 radical (unpaired) electrons. The largest absolute Gasteiger partial charge is 0.452 e. The number of carbonyl (C=O) groups is 2. The van der Waals surface area contributed by atoms with Gasteiger partial charge in [0, 0.05) is 12.2 Å². The van der Waals surface area contributed by atoms with E-state index in [1.54, 1.807) is 10.9 Å². The first-order valence-electron chi connectivity index (χ1n) is 9.93. The minimum atomic E-state index is -0.544. The molecule has 28 heavy (non-hydrogen) atoms. The molecule has 7 heteroatoms. The fourth-order valence-corrected chi connectivity index (χ4v) is 3.72. The van der Waals surface area contributed by atoms with Crippen LogP contribution in [0.15, 0.2) is 30.6 Å². The van der Waals surface area contributed by atoms with Crippen molar-refractivity contribution in [3.8, 4) is 5.82 Å². The fraction of sp³-hybridized carbons (Fsp3) is 0.524. The summed E-state index contributed by atoms with van der Waals surface area (Å²) in [7, 11) is 0. The molecule has 1 amide bonds. The van der Waals surface area contributed by atoms with Crippen LogP contribution in [-0.4, -0.2) is 39.3 Å². The molecule has 1 aliphatic rings. The topological polar surface area (TPSA) is 86.1 Å². The highest BCUT2D eigenvalue weighted by molar-refractivity contribution is 5.92. The Morgan fingerprint density at radius 2 is 2.07 bits per heavy atom. The molecule has 2 aromatic rings. The lowest BCUT2D eigenvalue weighted by atomic mass is 9.86. The van der Waals surface area contributed by atoms with Gasteiger partial charge in [-0.3, -0.25) is 4.79 Å². The van der Waals surface area contributed by atoms with Crippen molar-refractivity contribution >= 4 is 11.9 Å². The van der Waals surface area contributed by atoms with Gasteiger partial charge in [-0.25, -0.2) is 14.5 Å². The first-order valence-corrected chi connectivity index (χ1v) is 9.93. The van der Waals surface area contributed by atoms with Crippen LogP contribution in [0.1, 0.15) is 68.4 Å². The summed E-state index contributed by atoms with van der Waals surface area (Å²) in [6, 6.07) is 5.68. The summed E-state index contributed by atoms with van der Waals surface area (Å²) in [4.78, 5) is 29.1. The number of hydrogen-bond acceptors (Lipinski definition) is 5. The van der Waals surface area contributed by atoms with Gasteiger partial charge < -0.3 is 10.1 Å². The zero-order chi connectivity index (χ0) is 20.1. The SMILES string of the molecule is CC(C)c1c(C(=O)OCC(=O)NC2CCCCC2C)cnn1-c1ccccn1. The van der Waals surface area contributed by atoms with Gasteiger partial charge in [0.15, 0.2) is 12.4 Å². The number of esters is 1. The lowest BCUT2D eigenvalue weighted by molar-refractivity contribution is -0.125. The standard InChI is InChI=1S/C21H28N4O3/c1-14(2)20-16(12-23-25(20)18-10-6-7-11-22-18)21(27)28-13-19(26)24-17-9-5-4-8-15(17)3/h6-7,10-12,14-15,17H,4-5,8-9,13H2,1-3H3,(H,24,26). The van der Waals surface area contributed by atoms with Crippen LogP contribution < -0.4 is 5.32 Å². The van der Waals surface area contributed by atoms with Crippen molar-refractivity contribution in [2.24, 2.45) is 5.92 Å². The van der Waals surface area contributed by atoms with Gasteiger partial charge in [-0.1, -0.05) is 39.7 Å². The van der Waals surface area contributed by atoms with E-state index in [1.807, 2.05) is 32.0 Å². The number of pyridine rings is 1. The zero-order valence-corrected chi connectivity index (χ0v) is 16.7. The third-order valence-corrected chi connectivity index (χ3v) is 5.23. The lowest BCUT2D eigenvalue weighted by Gasteiger charge is -2.29. The average molecular weight is 384 g/mol. The van der Waals surface area contributed by atoms with E-state index in [4.69, 9.17) is 4.74 Å². The van der Waals surface area contributed by atoms with Gasteiger partial charge in [0.1, 0.15) is 5.56 Å². The Bertz CT molecular complexity index is 816. The first kappa shape index (κ1) is 20.0. The predicted octanol–water partition coefficient (Wildman–Crippen LogP) is 3.24. The fourth-order valence-electron chi connectivity index (χ4n) is 3.72. The Morgan fingerprint density at radius 3 is 2.75 bits per heavy atom. The second-order valence-electron chi connectivity index (χ2n) is 7.71. The molecule has 0 aromatic carbocycles. The van der Waals surface area contributed by atoms with Crippen LogP contribution in [-0.2, 0) is 9.53 Å². The van der Waals surface area contributed by atoms with Gasteiger partial charge in [0.2, 0.25) is 0 Å². The molecule has 2 aromatic heterocycles. The summed E-state index contributed by atoms with van der Waals surface area (Å²) >= 11 is 0. The number of nitrogens with zero attached hydrogens (tertiary/aromatic N) is 3. The Labute approximate surface area is 165 Å². The smallest absolute Gasteiger partial charge is 0.342 e. The molecular formula is C21H28N4O3. The number of ether oxygens (including phenoxy) is 1. The maximum absolute atomic E-state index is 12.6. The van der Waals surface area contributed by atoms with Gasteiger partial charge in [0.05, 0.1) is 11.9 Å². The van der Waals surface area contributed by atoms with Crippen molar-refractivity contribution in [2.45, 2.75) is 58.4 Å². The van der Waals surface area contributed by atoms with Crippen LogP contribution >= 0.6 is 0 Å². The maximum atomic E-state index is 12.6. The van der Waals surface area contributed by atoms with E-state index >= 15 is 0 Å². The number of amides is 1. The molecule has 150 valence electrons. The van der Waals surface area contributed by atoms with E-state index in [0.717, 1.165) is 19.3 Å². The quantitative estimate of drug-likeness (QED) is 0.773. The minimum absolute atomic E-state index is 0.0315. The molecule has 3 rings (SSSR count). The number of rotatable bonds is 6. The van der Waals surface area contributed by atoms with Gasteiger partial charge >= 0.3 is 5.97 Å². The molecule has 2 heterocycles. The van der Waals surface area contributed by atoms with E-state index in [1.165, 1.54) is 12.6 Å². The molecule has 0 bridgehead atoms. The average Bonchev–Trinajstić information content (AvgIpc) is 3.14. The molecule has 1 N–H and O–H groups in total. The second kappa shape index (κ2) is 8.99. The van der Waals surface area contributed by atoms with E-state index in [0.29, 0.717) is 23.0 Å². The highest BCUT2D eigenvalue weighted by Crippen LogP contribution is 2.24. The van der Waals surface area contributed by atoms with Crippen LogP contribution in [0.4, 0.5) is 0 Å². The Morgan fingerprint density at radius 1 is 1.29 bits per heavy atom. The number of hydrogen-bond donors (Lipinski definition) is 1. The molecule has 0 saturated heterocycles. The van der Waals surface area contributed by atoms with Crippen molar-refractivity contribution in [3.63, 3.8) is 0 Å². The van der Waals surface area contributed by atoms with Crippen molar-refractivity contribution in [3.05, 3.63) is 41.9 Å². The maximum Gasteiger partial charge on any atom is 0.342 e. The number of aromatic nitrogens is 3. The Hall–Kier alpha value is -2.70. The number of nitrogens with one attached hydrogen (secondary N) is 1. The van der Waals surface area contributed by atoms with E-state index < -0.39 is 5.97 Å². The Balaban J connectivity index is 1.66. The highest BCUT2D eigenvalue weighted by atomic mass is 16.5. The molecule has 1 fully saturated rings. The molecular weight excluding hydrogens is 356 g/mol. The lowest BCUT2D eigenvalue weighted by Crippen LogP contribution is -2.42. The van der Waals surface area contributed by atoms with Gasteiger partial charge in [-0.2, -0.15) is 5.10 Å². The molecule has 0 spiro atoms. The highest BCUT2D eigenvalue weighted by Gasteiger charge is 2.25. The zero-order valence-electron chi connectivity index (χ0n) is 16.7. The summed E-state index contributed by atoms with van der Waals surface area (Å²) in [5.41, 5.74) is 1.07. The van der Waals surface area contributed by atoms with Crippen LogP contribution in [0.5, 0.6) is 0 Å². The van der Waals surface area contributed by atoms with Gasteiger partial charge in [-0.15, -0.1) is 0 Å². The van der Waals surface area contributed by atoms with E-state index in [2.05, 4.69) is 22.3 Å². The molecule has 2 atom stereocenters. The van der Waals surface area contributed by atoms with E-state index in [-0.39, 0.29) is 24.5 Å². The molecule has 2 unspecified atom stereocenters. The van der Waals surface area contributed by atoms with E-state index in [9.17, 15) is 9.59 Å². The third kappa shape index (κ3) is 4.58. The predicted molar refractivity (Wildman–Crippen MR) is 105 cm³/mol.